The number of rotatable bonds is 9. The molecule has 1 rings (SSSR count). The van der Waals surface area contributed by atoms with E-state index < -0.39 is 10.2 Å². The Kier molecular flexibility index (Phi) is 7.31. The lowest BCUT2D eigenvalue weighted by molar-refractivity contribution is 0.311. The van der Waals surface area contributed by atoms with Crippen molar-refractivity contribution in [2.75, 3.05) is 27.2 Å². The lowest BCUT2D eigenvalue weighted by Gasteiger charge is -2.30. The first-order valence-electron chi connectivity index (χ1n) is 7.31. The number of hydrogen-bond acceptors (Lipinski definition) is 3. The minimum absolute atomic E-state index is 0.0815. The third-order valence-electron chi connectivity index (χ3n) is 3.35. The van der Waals surface area contributed by atoms with Gasteiger partial charge in [-0.1, -0.05) is 30.3 Å². The van der Waals surface area contributed by atoms with E-state index in [1.165, 1.54) is 4.31 Å². The average molecular weight is 313 g/mol. The molecule has 0 aliphatic rings. The summed E-state index contributed by atoms with van der Waals surface area (Å²) in [6.07, 6.45) is 0.795. The summed E-state index contributed by atoms with van der Waals surface area (Å²) in [7, 11) is 0.0695. The monoisotopic (exact) mass is 313 g/mol. The molecule has 0 amide bonds. The number of benzene rings is 1. The Balaban J connectivity index is 2.83. The van der Waals surface area contributed by atoms with Crippen molar-refractivity contribution >= 4 is 10.2 Å². The van der Waals surface area contributed by atoms with Gasteiger partial charge in [-0.25, -0.2) is 0 Å². The molecule has 0 saturated heterocycles. The maximum absolute atomic E-state index is 12.7. The highest BCUT2D eigenvalue weighted by molar-refractivity contribution is 7.86. The second-order valence-corrected chi connectivity index (χ2v) is 7.40. The van der Waals surface area contributed by atoms with Gasteiger partial charge in [-0.3, -0.25) is 0 Å². The summed E-state index contributed by atoms with van der Waals surface area (Å²) in [6, 6.07) is 9.61. The van der Waals surface area contributed by atoms with Gasteiger partial charge in [0.05, 0.1) is 0 Å². The van der Waals surface area contributed by atoms with Crippen LogP contribution in [-0.2, 0) is 16.8 Å². The smallest absolute Gasteiger partial charge is 0.282 e. The van der Waals surface area contributed by atoms with Crippen molar-refractivity contribution in [1.82, 2.24) is 13.9 Å². The Bertz CT molecular complexity index is 503. The highest BCUT2D eigenvalue weighted by atomic mass is 32.2. The molecule has 0 aliphatic heterocycles. The molecule has 0 atom stereocenters. The summed E-state index contributed by atoms with van der Waals surface area (Å²) < 4.78 is 28.4. The van der Waals surface area contributed by atoms with E-state index in [0.717, 1.165) is 18.5 Å². The van der Waals surface area contributed by atoms with Crippen LogP contribution in [0.4, 0.5) is 0 Å². The Hall–Kier alpha value is -0.950. The topological polar surface area (TPSA) is 52.7 Å². The Morgan fingerprint density at radius 3 is 2.33 bits per heavy atom. The maximum Gasteiger partial charge on any atom is 0.282 e. The van der Waals surface area contributed by atoms with Crippen LogP contribution in [0.25, 0.3) is 0 Å². The van der Waals surface area contributed by atoms with Crippen LogP contribution in [0.1, 0.15) is 25.8 Å². The third kappa shape index (κ3) is 5.39. The zero-order chi connectivity index (χ0) is 15.9. The largest absolute Gasteiger partial charge is 0.320 e. The number of nitrogens with one attached hydrogen (secondary N) is 1. The van der Waals surface area contributed by atoms with E-state index in [1.54, 1.807) is 11.4 Å². The van der Waals surface area contributed by atoms with E-state index in [4.69, 9.17) is 0 Å². The predicted octanol–water partition coefficient (Wildman–Crippen LogP) is 1.68. The van der Waals surface area contributed by atoms with Gasteiger partial charge >= 0.3 is 0 Å². The second kappa shape index (κ2) is 8.48. The Labute approximate surface area is 129 Å². The quantitative estimate of drug-likeness (QED) is 0.706. The van der Waals surface area contributed by atoms with Crippen LogP contribution < -0.4 is 5.32 Å². The molecule has 0 aromatic heterocycles. The molecule has 0 saturated carbocycles. The first-order chi connectivity index (χ1) is 9.89. The summed E-state index contributed by atoms with van der Waals surface area (Å²) in [5.74, 6) is 0. The van der Waals surface area contributed by atoms with Gasteiger partial charge in [-0.15, -0.1) is 0 Å². The molecular formula is C15H27N3O2S. The predicted molar refractivity (Wildman–Crippen MR) is 87.2 cm³/mol. The summed E-state index contributed by atoms with van der Waals surface area (Å²) in [4.78, 5) is 0. The second-order valence-electron chi connectivity index (χ2n) is 5.41. The highest BCUT2D eigenvalue weighted by Crippen LogP contribution is 2.16. The number of hydrogen-bond donors (Lipinski definition) is 1. The van der Waals surface area contributed by atoms with Crippen LogP contribution in [0.15, 0.2) is 30.3 Å². The van der Waals surface area contributed by atoms with Crippen molar-refractivity contribution in [2.45, 2.75) is 32.9 Å². The van der Waals surface area contributed by atoms with Crippen molar-refractivity contribution < 1.29 is 8.42 Å². The Morgan fingerprint density at radius 2 is 1.81 bits per heavy atom. The maximum atomic E-state index is 12.7. The molecule has 1 N–H and O–H groups in total. The van der Waals surface area contributed by atoms with Gasteiger partial charge in [-0.2, -0.15) is 17.0 Å². The summed E-state index contributed by atoms with van der Waals surface area (Å²) in [6.45, 7) is 5.53. The van der Waals surface area contributed by atoms with E-state index in [2.05, 4.69) is 5.32 Å². The van der Waals surface area contributed by atoms with Crippen LogP contribution in [0, 0.1) is 0 Å². The highest BCUT2D eigenvalue weighted by Gasteiger charge is 2.28. The Morgan fingerprint density at radius 1 is 1.19 bits per heavy atom. The van der Waals surface area contributed by atoms with E-state index in [1.807, 2.05) is 51.2 Å². The van der Waals surface area contributed by atoms with E-state index in [-0.39, 0.29) is 6.04 Å². The number of nitrogens with zero attached hydrogens (tertiary/aromatic N) is 2. The molecule has 6 heteroatoms. The minimum atomic E-state index is -3.44. The van der Waals surface area contributed by atoms with Crippen LogP contribution >= 0.6 is 0 Å². The van der Waals surface area contributed by atoms with Crippen LogP contribution in [0.5, 0.6) is 0 Å². The van der Waals surface area contributed by atoms with Crippen molar-refractivity contribution in [3.63, 3.8) is 0 Å². The lowest BCUT2D eigenvalue weighted by Crippen LogP contribution is -2.45. The van der Waals surface area contributed by atoms with Crippen molar-refractivity contribution in [3.8, 4) is 0 Å². The molecule has 0 heterocycles. The van der Waals surface area contributed by atoms with E-state index in [0.29, 0.717) is 13.1 Å². The van der Waals surface area contributed by atoms with Gasteiger partial charge in [-0.05, 0) is 39.4 Å². The fraction of sp³-hybridized carbons (Fsp3) is 0.600. The van der Waals surface area contributed by atoms with Gasteiger partial charge < -0.3 is 5.32 Å². The molecular weight excluding hydrogens is 286 g/mol. The first-order valence-corrected chi connectivity index (χ1v) is 8.71. The molecule has 120 valence electrons. The summed E-state index contributed by atoms with van der Waals surface area (Å²) in [5, 5.41) is 3.03. The van der Waals surface area contributed by atoms with Gasteiger partial charge in [0.1, 0.15) is 0 Å². The zero-order valence-electron chi connectivity index (χ0n) is 13.4. The van der Waals surface area contributed by atoms with E-state index >= 15 is 0 Å². The van der Waals surface area contributed by atoms with Gasteiger partial charge in [0.25, 0.3) is 10.2 Å². The molecule has 0 fully saturated rings. The molecule has 21 heavy (non-hydrogen) atoms. The fourth-order valence-electron chi connectivity index (χ4n) is 2.07. The summed E-state index contributed by atoms with van der Waals surface area (Å²) >= 11 is 0. The molecule has 0 bridgehead atoms. The van der Waals surface area contributed by atoms with Crippen molar-refractivity contribution in [1.29, 1.82) is 0 Å². The first kappa shape index (κ1) is 18.1. The molecule has 1 aromatic rings. The molecule has 0 radical (unpaired) electrons. The van der Waals surface area contributed by atoms with Gasteiger partial charge in [0.2, 0.25) is 0 Å². The van der Waals surface area contributed by atoms with E-state index in [9.17, 15) is 8.42 Å². The third-order valence-corrected chi connectivity index (χ3v) is 5.46. The van der Waals surface area contributed by atoms with Gasteiger partial charge in [0, 0.05) is 26.2 Å². The SMILES string of the molecule is CNCCCN(C)S(=O)(=O)N(Cc1ccccc1)C(C)C. The summed E-state index contributed by atoms with van der Waals surface area (Å²) in [5.41, 5.74) is 0.999. The van der Waals surface area contributed by atoms with Gasteiger partial charge in [0.15, 0.2) is 0 Å². The fourth-order valence-corrected chi connectivity index (χ4v) is 3.63. The lowest BCUT2D eigenvalue weighted by atomic mass is 10.2. The molecule has 0 unspecified atom stereocenters. The molecule has 0 spiro atoms. The molecule has 1 aromatic carbocycles. The van der Waals surface area contributed by atoms with Crippen molar-refractivity contribution in [3.05, 3.63) is 35.9 Å². The zero-order valence-corrected chi connectivity index (χ0v) is 14.2. The van der Waals surface area contributed by atoms with Crippen LogP contribution in [0.2, 0.25) is 0 Å². The van der Waals surface area contributed by atoms with Crippen molar-refractivity contribution in [2.24, 2.45) is 0 Å². The molecule has 5 nitrogen and oxygen atoms in total. The minimum Gasteiger partial charge on any atom is -0.320 e. The standard InChI is InChI=1S/C15H27N3O2S/c1-14(2)18(13-15-9-6-5-7-10-15)21(19,20)17(4)12-8-11-16-3/h5-7,9-10,14,16H,8,11-13H2,1-4H3. The van der Waals surface area contributed by atoms with Crippen LogP contribution in [-0.4, -0.2) is 50.3 Å². The van der Waals surface area contributed by atoms with Crippen LogP contribution in [0.3, 0.4) is 0 Å². The molecule has 0 aliphatic carbocycles. The normalized spacial score (nSPS) is 12.5. The average Bonchev–Trinajstić information content (AvgIpc) is 2.45.